The summed E-state index contributed by atoms with van der Waals surface area (Å²) in [6.45, 7) is 0. The predicted molar refractivity (Wildman–Crippen MR) is 71.9 cm³/mol. The van der Waals surface area contributed by atoms with Crippen LogP contribution in [0.1, 0.15) is 54.2 Å². The van der Waals surface area contributed by atoms with Gasteiger partial charge in [-0.3, -0.25) is 0 Å². The molecule has 1 aliphatic carbocycles. The maximum Gasteiger partial charge on any atom is 0.338 e. The molecular weight excluding hydrogens is 275 g/mol. The average Bonchev–Trinajstić information content (AvgIpc) is 2.96. The first-order chi connectivity index (χ1) is 10.2. The lowest BCUT2D eigenvalue weighted by molar-refractivity contribution is 0.0696. The van der Waals surface area contributed by atoms with Gasteiger partial charge in [-0.2, -0.15) is 4.68 Å². The third-order valence-electron chi connectivity index (χ3n) is 3.89. The van der Waals surface area contributed by atoms with Crippen LogP contribution >= 0.6 is 0 Å². The lowest BCUT2D eigenvalue weighted by Gasteiger charge is -2.20. The van der Waals surface area contributed by atoms with Crippen molar-refractivity contribution in [3.05, 3.63) is 35.4 Å². The Labute approximate surface area is 120 Å². The van der Waals surface area contributed by atoms with E-state index in [9.17, 15) is 14.3 Å². The minimum atomic E-state index is -1.20. The molecule has 110 valence electrons. The van der Waals surface area contributed by atoms with Crippen LogP contribution in [0.15, 0.2) is 18.2 Å². The molecule has 7 heteroatoms. The Bertz CT molecular complexity index is 665. The lowest BCUT2D eigenvalue weighted by Crippen LogP contribution is -2.16. The SMILES string of the molecule is O=C(O)c1cccc(F)c1-n1nnnc1C1CCCCC1. The first-order valence-electron chi connectivity index (χ1n) is 6.99. The second-order valence-electron chi connectivity index (χ2n) is 5.22. The van der Waals surface area contributed by atoms with Crippen molar-refractivity contribution >= 4 is 5.97 Å². The van der Waals surface area contributed by atoms with Crippen molar-refractivity contribution in [2.45, 2.75) is 38.0 Å². The van der Waals surface area contributed by atoms with Gasteiger partial charge in [-0.15, -0.1) is 5.10 Å². The Hall–Kier alpha value is -2.31. The van der Waals surface area contributed by atoms with E-state index >= 15 is 0 Å². The van der Waals surface area contributed by atoms with Crippen LogP contribution in [-0.2, 0) is 0 Å². The maximum absolute atomic E-state index is 14.1. The standard InChI is InChI=1S/C14H15FN4O2/c15-11-8-4-7-10(14(20)21)12(11)19-13(16-17-18-19)9-5-2-1-3-6-9/h4,7-9H,1-3,5-6H2,(H,20,21). The molecule has 0 amide bonds. The molecule has 0 aliphatic heterocycles. The first-order valence-corrected chi connectivity index (χ1v) is 6.99. The number of benzene rings is 1. The third kappa shape index (κ3) is 2.51. The highest BCUT2D eigenvalue weighted by Crippen LogP contribution is 2.32. The van der Waals surface area contributed by atoms with Crippen molar-refractivity contribution in [3.8, 4) is 5.69 Å². The largest absolute Gasteiger partial charge is 0.478 e. The van der Waals surface area contributed by atoms with Crippen LogP contribution in [0, 0.1) is 5.82 Å². The van der Waals surface area contributed by atoms with Crippen molar-refractivity contribution in [2.24, 2.45) is 0 Å². The normalized spacial score (nSPS) is 16.0. The van der Waals surface area contributed by atoms with Crippen LogP contribution in [0.5, 0.6) is 0 Å². The van der Waals surface area contributed by atoms with Crippen LogP contribution < -0.4 is 0 Å². The van der Waals surface area contributed by atoms with E-state index in [2.05, 4.69) is 15.5 Å². The number of rotatable bonds is 3. The summed E-state index contributed by atoms with van der Waals surface area (Å²) in [6, 6.07) is 3.94. The van der Waals surface area contributed by atoms with Crippen LogP contribution in [0.25, 0.3) is 5.69 Å². The number of halogens is 1. The summed E-state index contributed by atoms with van der Waals surface area (Å²) in [4.78, 5) is 11.3. The fourth-order valence-electron chi connectivity index (χ4n) is 2.87. The molecule has 1 aromatic heterocycles. The molecule has 1 heterocycles. The molecule has 1 saturated carbocycles. The topological polar surface area (TPSA) is 80.9 Å². The van der Waals surface area contributed by atoms with Gasteiger partial charge in [0.1, 0.15) is 11.5 Å². The highest BCUT2D eigenvalue weighted by atomic mass is 19.1. The molecule has 0 saturated heterocycles. The minimum absolute atomic E-state index is 0.0874. The lowest BCUT2D eigenvalue weighted by atomic mass is 9.88. The summed E-state index contributed by atoms with van der Waals surface area (Å²) < 4.78 is 15.4. The zero-order chi connectivity index (χ0) is 14.8. The number of carboxylic acid groups (broad SMARTS) is 1. The highest BCUT2D eigenvalue weighted by Gasteiger charge is 2.26. The van der Waals surface area contributed by atoms with Crippen molar-refractivity contribution < 1.29 is 14.3 Å². The van der Waals surface area contributed by atoms with E-state index in [1.54, 1.807) is 0 Å². The minimum Gasteiger partial charge on any atom is -0.478 e. The molecule has 1 aromatic carbocycles. The average molecular weight is 290 g/mol. The Morgan fingerprint density at radius 1 is 1.29 bits per heavy atom. The van der Waals surface area contributed by atoms with Crippen molar-refractivity contribution in [1.82, 2.24) is 20.2 Å². The summed E-state index contributed by atoms with van der Waals surface area (Å²) in [5.41, 5.74) is -0.227. The molecule has 3 rings (SSSR count). The van der Waals surface area contributed by atoms with Gasteiger partial charge in [0.25, 0.3) is 0 Å². The molecule has 0 radical (unpaired) electrons. The molecule has 21 heavy (non-hydrogen) atoms. The Morgan fingerprint density at radius 3 is 2.76 bits per heavy atom. The van der Waals surface area contributed by atoms with E-state index in [0.717, 1.165) is 25.7 Å². The van der Waals surface area contributed by atoms with E-state index < -0.39 is 11.8 Å². The van der Waals surface area contributed by atoms with E-state index in [1.165, 1.54) is 29.3 Å². The molecule has 6 nitrogen and oxygen atoms in total. The fraction of sp³-hybridized carbons (Fsp3) is 0.429. The van der Waals surface area contributed by atoms with Crippen LogP contribution in [0.4, 0.5) is 4.39 Å². The Balaban J connectivity index is 2.10. The fourth-order valence-corrected chi connectivity index (χ4v) is 2.87. The monoisotopic (exact) mass is 290 g/mol. The number of para-hydroxylation sites is 1. The van der Waals surface area contributed by atoms with Crippen molar-refractivity contribution in [2.75, 3.05) is 0 Å². The molecular formula is C14H15FN4O2. The smallest absolute Gasteiger partial charge is 0.338 e. The quantitative estimate of drug-likeness (QED) is 0.939. The third-order valence-corrected chi connectivity index (χ3v) is 3.89. The van der Waals surface area contributed by atoms with Crippen molar-refractivity contribution in [1.29, 1.82) is 0 Å². The summed E-state index contributed by atoms with van der Waals surface area (Å²) in [6.07, 6.45) is 5.23. The number of nitrogens with zero attached hydrogens (tertiary/aromatic N) is 4. The van der Waals surface area contributed by atoms with Gasteiger partial charge < -0.3 is 5.11 Å². The second kappa shape index (κ2) is 5.59. The van der Waals surface area contributed by atoms with Crippen LogP contribution in [-0.4, -0.2) is 31.3 Å². The number of aromatic carboxylic acids is 1. The predicted octanol–water partition coefficient (Wildman–Crippen LogP) is 2.55. The highest BCUT2D eigenvalue weighted by molar-refractivity contribution is 5.92. The zero-order valence-corrected chi connectivity index (χ0v) is 11.4. The molecule has 0 bridgehead atoms. The van der Waals surface area contributed by atoms with Crippen molar-refractivity contribution in [3.63, 3.8) is 0 Å². The Kier molecular flexibility index (Phi) is 3.64. The maximum atomic E-state index is 14.1. The molecule has 0 unspecified atom stereocenters. The molecule has 1 N–H and O–H groups in total. The molecule has 0 atom stereocenters. The Morgan fingerprint density at radius 2 is 2.05 bits per heavy atom. The van der Waals surface area contributed by atoms with Gasteiger partial charge >= 0.3 is 5.97 Å². The molecule has 2 aromatic rings. The van der Waals surface area contributed by atoms with E-state index in [0.29, 0.717) is 5.82 Å². The zero-order valence-electron chi connectivity index (χ0n) is 11.4. The van der Waals surface area contributed by atoms with Crippen LogP contribution in [0.3, 0.4) is 0 Å². The number of tetrazole rings is 1. The van der Waals surface area contributed by atoms with E-state index in [1.807, 2.05) is 0 Å². The van der Waals surface area contributed by atoms with Gasteiger partial charge in [-0.1, -0.05) is 25.3 Å². The van der Waals surface area contributed by atoms with Gasteiger partial charge in [-0.25, -0.2) is 9.18 Å². The van der Waals surface area contributed by atoms with Gasteiger partial charge in [-0.05, 0) is 35.4 Å². The number of hydrogen-bond acceptors (Lipinski definition) is 4. The van der Waals surface area contributed by atoms with Gasteiger partial charge in [0.05, 0.1) is 5.56 Å². The van der Waals surface area contributed by atoms with Gasteiger partial charge in [0, 0.05) is 5.92 Å². The number of carboxylic acids is 1. The summed E-state index contributed by atoms with van der Waals surface area (Å²) in [5.74, 6) is -1.15. The number of carbonyl (C=O) groups is 1. The van der Waals surface area contributed by atoms with Gasteiger partial charge in [0.15, 0.2) is 5.82 Å². The van der Waals surface area contributed by atoms with E-state index in [4.69, 9.17) is 0 Å². The number of hydrogen-bond donors (Lipinski definition) is 1. The second-order valence-corrected chi connectivity index (χ2v) is 5.22. The molecule has 1 aliphatic rings. The summed E-state index contributed by atoms with van der Waals surface area (Å²) in [5, 5.41) is 20.7. The summed E-state index contributed by atoms with van der Waals surface area (Å²) in [7, 11) is 0. The number of aromatic nitrogens is 4. The van der Waals surface area contributed by atoms with Gasteiger partial charge in [0.2, 0.25) is 0 Å². The molecule has 1 fully saturated rings. The first kappa shape index (κ1) is 13.7. The van der Waals surface area contributed by atoms with E-state index in [-0.39, 0.29) is 17.2 Å². The molecule has 0 spiro atoms. The summed E-state index contributed by atoms with van der Waals surface area (Å²) >= 11 is 0. The van der Waals surface area contributed by atoms with Crippen LogP contribution in [0.2, 0.25) is 0 Å².